The highest BCUT2D eigenvalue weighted by Crippen LogP contribution is 2.26. The van der Waals surface area contributed by atoms with Crippen LogP contribution in [-0.4, -0.2) is 31.2 Å². The first-order valence-corrected chi connectivity index (χ1v) is 11.2. The van der Waals surface area contributed by atoms with Crippen LogP contribution in [0.4, 0.5) is 10.3 Å². The molecule has 4 rings (SSSR count). The summed E-state index contributed by atoms with van der Waals surface area (Å²) in [6.07, 6.45) is 7.98. The zero-order valence-corrected chi connectivity index (χ0v) is 18.8. The Hall–Kier alpha value is -3.00. The van der Waals surface area contributed by atoms with Crippen LogP contribution in [0, 0.1) is 11.7 Å². The summed E-state index contributed by atoms with van der Waals surface area (Å²) in [6, 6.07) is 7.96. The molecule has 1 aliphatic carbocycles. The first-order chi connectivity index (χ1) is 15.4. The second-order valence-corrected chi connectivity index (χ2v) is 8.79. The van der Waals surface area contributed by atoms with Gasteiger partial charge in [0, 0.05) is 18.4 Å². The number of benzene rings is 1. The van der Waals surface area contributed by atoms with Crippen molar-refractivity contribution in [3.63, 3.8) is 0 Å². The summed E-state index contributed by atoms with van der Waals surface area (Å²) in [5.74, 6) is 0.950. The van der Waals surface area contributed by atoms with Gasteiger partial charge in [-0.25, -0.2) is 19.2 Å². The van der Waals surface area contributed by atoms with Crippen molar-refractivity contribution in [3.8, 4) is 17.1 Å². The lowest BCUT2D eigenvalue weighted by molar-refractivity contribution is 0.0268. The van der Waals surface area contributed by atoms with Gasteiger partial charge in [0.25, 0.3) is 0 Å². The third-order valence-corrected chi connectivity index (χ3v) is 5.85. The summed E-state index contributed by atoms with van der Waals surface area (Å²) >= 11 is 0. The Balaban J connectivity index is 1.69. The Bertz CT molecular complexity index is 1100. The highest BCUT2D eigenvalue weighted by Gasteiger charge is 2.20. The van der Waals surface area contributed by atoms with Gasteiger partial charge in [-0.1, -0.05) is 6.92 Å². The van der Waals surface area contributed by atoms with Crippen LogP contribution >= 0.6 is 0 Å². The van der Waals surface area contributed by atoms with E-state index >= 15 is 0 Å². The quantitative estimate of drug-likeness (QED) is 0.582. The van der Waals surface area contributed by atoms with E-state index in [9.17, 15) is 9.18 Å². The molecular formula is C24H30FN5O2. The minimum Gasteiger partial charge on any atom is -0.358 e. The maximum Gasteiger partial charge on any atom is 0.335 e. The SMILES string of the molecule is CC1CCC(Nc2nccc(-c3cn(COC(C)C)c(=O)n3-c3ccc(F)cc3)n2)CC1. The van der Waals surface area contributed by atoms with E-state index in [1.54, 1.807) is 30.6 Å². The molecule has 0 saturated heterocycles. The smallest absolute Gasteiger partial charge is 0.335 e. The number of anilines is 1. The third kappa shape index (κ3) is 5.07. The number of hydrogen-bond donors (Lipinski definition) is 1. The molecule has 1 aromatic carbocycles. The number of nitrogens with zero attached hydrogens (tertiary/aromatic N) is 4. The van der Waals surface area contributed by atoms with Crippen LogP contribution in [0.2, 0.25) is 0 Å². The summed E-state index contributed by atoms with van der Waals surface area (Å²) < 4.78 is 22.2. The average molecular weight is 440 g/mol. The van der Waals surface area contributed by atoms with Crippen LogP contribution in [0.5, 0.6) is 0 Å². The molecule has 0 atom stereocenters. The second kappa shape index (κ2) is 9.65. The predicted molar refractivity (Wildman–Crippen MR) is 122 cm³/mol. The van der Waals surface area contributed by atoms with E-state index in [4.69, 9.17) is 9.72 Å². The molecule has 3 aromatic rings. The first-order valence-electron chi connectivity index (χ1n) is 11.2. The van der Waals surface area contributed by atoms with Crippen molar-refractivity contribution in [2.75, 3.05) is 5.32 Å². The Morgan fingerprint density at radius 3 is 2.56 bits per heavy atom. The topological polar surface area (TPSA) is 74.0 Å². The van der Waals surface area contributed by atoms with Gasteiger partial charge < -0.3 is 10.1 Å². The lowest BCUT2D eigenvalue weighted by Gasteiger charge is -2.26. The van der Waals surface area contributed by atoms with E-state index < -0.39 is 0 Å². The molecule has 7 nitrogen and oxygen atoms in total. The minimum atomic E-state index is -0.360. The summed E-state index contributed by atoms with van der Waals surface area (Å²) in [5.41, 5.74) is 1.49. The van der Waals surface area contributed by atoms with Crippen molar-refractivity contribution >= 4 is 5.95 Å². The Labute approximate surface area is 187 Å². The molecule has 2 aromatic heterocycles. The van der Waals surface area contributed by atoms with Gasteiger partial charge in [-0.15, -0.1) is 0 Å². The number of hydrogen-bond acceptors (Lipinski definition) is 5. The Kier molecular flexibility index (Phi) is 6.69. The van der Waals surface area contributed by atoms with E-state index in [2.05, 4.69) is 17.2 Å². The van der Waals surface area contributed by atoms with E-state index in [1.165, 1.54) is 34.1 Å². The van der Waals surface area contributed by atoms with Crippen LogP contribution in [-0.2, 0) is 11.5 Å². The third-order valence-electron chi connectivity index (χ3n) is 5.85. The monoisotopic (exact) mass is 439 g/mol. The van der Waals surface area contributed by atoms with Crippen molar-refractivity contribution < 1.29 is 9.13 Å². The van der Waals surface area contributed by atoms with Gasteiger partial charge in [-0.2, -0.15) is 0 Å². The van der Waals surface area contributed by atoms with E-state index in [0.717, 1.165) is 18.8 Å². The molecule has 0 bridgehead atoms. The largest absolute Gasteiger partial charge is 0.358 e. The van der Waals surface area contributed by atoms with Gasteiger partial charge in [0.1, 0.15) is 12.5 Å². The number of ether oxygens (including phenoxy) is 1. The van der Waals surface area contributed by atoms with Crippen LogP contribution < -0.4 is 11.0 Å². The van der Waals surface area contributed by atoms with E-state index in [0.29, 0.717) is 29.1 Å². The Morgan fingerprint density at radius 1 is 1.16 bits per heavy atom. The van der Waals surface area contributed by atoms with Gasteiger partial charge in [-0.05, 0) is 75.8 Å². The number of aromatic nitrogens is 4. The normalized spacial score (nSPS) is 18.8. The summed E-state index contributed by atoms with van der Waals surface area (Å²) in [4.78, 5) is 22.3. The maximum atomic E-state index is 13.5. The standard InChI is InChI=1S/C24H30FN5O2/c1-16(2)32-15-29-14-22(30(24(29)31)20-10-6-18(25)7-11-20)21-12-13-26-23(28-21)27-19-8-4-17(3)5-9-19/h6-7,10-14,16-17,19H,4-5,8-9,15H2,1-3H3,(H,26,27,28). The zero-order chi connectivity index (χ0) is 22.7. The molecule has 8 heteroatoms. The number of imidazole rings is 1. The fraction of sp³-hybridized carbons (Fsp3) is 0.458. The number of nitrogens with one attached hydrogen (secondary N) is 1. The summed E-state index contributed by atoms with van der Waals surface area (Å²) in [7, 11) is 0. The number of halogens is 1. The molecule has 32 heavy (non-hydrogen) atoms. The summed E-state index contributed by atoms with van der Waals surface area (Å²) in [6.45, 7) is 6.23. The van der Waals surface area contributed by atoms with E-state index in [1.807, 2.05) is 13.8 Å². The highest BCUT2D eigenvalue weighted by molar-refractivity contribution is 5.59. The molecule has 2 heterocycles. The minimum absolute atomic E-state index is 0.0208. The number of rotatable bonds is 7. The van der Waals surface area contributed by atoms with Crippen molar-refractivity contribution in [1.29, 1.82) is 0 Å². The van der Waals surface area contributed by atoms with E-state index in [-0.39, 0.29) is 24.3 Å². The second-order valence-electron chi connectivity index (χ2n) is 8.79. The van der Waals surface area contributed by atoms with Crippen molar-refractivity contribution in [3.05, 3.63) is 59.0 Å². The van der Waals surface area contributed by atoms with Crippen LogP contribution in [0.25, 0.3) is 17.1 Å². The zero-order valence-electron chi connectivity index (χ0n) is 18.8. The molecule has 1 aliphatic rings. The summed E-state index contributed by atoms with van der Waals surface area (Å²) in [5, 5.41) is 3.45. The van der Waals surface area contributed by atoms with Crippen LogP contribution in [0.15, 0.2) is 47.5 Å². The Morgan fingerprint density at radius 2 is 1.88 bits per heavy atom. The van der Waals surface area contributed by atoms with Crippen molar-refractivity contribution in [1.82, 2.24) is 19.1 Å². The van der Waals surface area contributed by atoms with Gasteiger partial charge in [-0.3, -0.25) is 9.13 Å². The van der Waals surface area contributed by atoms with Gasteiger partial charge in [0.15, 0.2) is 0 Å². The van der Waals surface area contributed by atoms with Gasteiger partial charge in [0.2, 0.25) is 5.95 Å². The molecule has 0 spiro atoms. The van der Waals surface area contributed by atoms with Gasteiger partial charge in [0.05, 0.1) is 23.2 Å². The molecule has 0 unspecified atom stereocenters. The fourth-order valence-corrected chi connectivity index (χ4v) is 3.99. The van der Waals surface area contributed by atoms with Crippen molar-refractivity contribution in [2.24, 2.45) is 5.92 Å². The molecule has 0 aliphatic heterocycles. The molecule has 1 N–H and O–H groups in total. The average Bonchev–Trinajstić information content (AvgIpc) is 3.11. The highest BCUT2D eigenvalue weighted by atomic mass is 19.1. The molecule has 170 valence electrons. The molecular weight excluding hydrogens is 409 g/mol. The molecule has 0 amide bonds. The van der Waals surface area contributed by atoms with Gasteiger partial charge >= 0.3 is 5.69 Å². The molecule has 0 radical (unpaired) electrons. The molecule has 1 saturated carbocycles. The predicted octanol–water partition coefficient (Wildman–Crippen LogP) is 4.61. The van der Waals surface area contributed by atoms with Crippen LogP contribution in [0.3, 0.4) is 0 Å². The van der Waals surface area contributed by atoms with Crippen molar-refractivity contribution in [2.45, 2.75) is 65.3 Å². The molecule has 1 fully saturated rings. The van der Waals surface area contributed by atoms with Crippen LogP contribution in [0.1, 0.15) is 46.5 Å². The maximum absolute atomic E-state index is 13.5. The lowest BCUT2D eigenvalue weighted by atomic mass is 9.87. The lowest BCUT2D eigenvalue weighted by Crippen LogP contribution is -2.26. The fourth-order valence-electron chi connectivity index (χ4n) is 3.99. The first kappa shape index (κ1) is 22.2.